The molecule has 2 heterocycles. The maximum absolute atomic E-state index is 13.1. The molecule has 1 aromatic heterocycles. The molecule has 0 radical (unpaired) electrons. The van der Waals surface area contributed by atoms with Crippen molar-refractivity contribution in [2.75, 3.05) is 13.1 Å². The van der Waals surface area contributed by atoms with Crippen molar-refractivity contribution >= 4 is 11.8 Å². The Bertz CT molecular complexity index is 1130. The number of nitrogens with zero attached hydrogens (tertiary/aromatic N) is 4. The van der Waals surface area contributed by atoms with Gasteiger partial charge >= 0.3 is 0 Å². The van der Waals surface area contributed by atoms with Crippen LogP contribution < -0.4 is 5.32 Å². The summed E-state index contributed by atoms with van der Waals surface area (Å²) in [6, 6.07) is 14.2. The SMILES string of the molecule is Cc1ccccc1CN1CC(CNC(=O)c2nnn(Cc3ccc(F)cc3)c2C)CC1=O. The van der Waals surface area contributed by atoms with Crippen LogP contribution in [0.1, 0.15) is 39.3 Å². The van der Waals surface area contributed by atoms with Crippen LogP contribution in [-0.4, -0.2) is 44.8 Å². The van der Waals surface area contributed by atoms with Crippen molar-refractivity contribution in [1.29, 1.82) is 0 Å². The number of halogens is 1. The first-order valence-electron chi connectivity index (χ1n) is 10.7. The second-order valence-electron chi connectivity index (χ2n) is 8.29. The number of aromatic nitrogens is 3. The van der Waals surface area contributed by atoms with Crippen LogP contribution in [0.4, 0.5) is 4.39 Å². The van der Waals surface area contributed by atoms with E-state index in [0.29, 0.717) is 38.3 Å². The smallest absolute Gasteiger partial charge is 0.273 e. The van der Waals surface area contributed by atoms with Crippen LogP contribution in [0.15, 0.2) is 48.5 Å². The lowest BCUT2D eigenvalue weighted by atomic mass is 10.1. The van der Waals surface area contributed by atoms with Crippen LogP contribution >= 0.6 is 0 Å². The molecule has 1 atom stereocenters. The zero-order chi connectivity index (χ0) is 22.7. The molecule has 1 N–H and O–H groups in total. The molecule has 4 rings (SSSR count). The van der Waals surface area contributed by atoms with Crippen LogP contribution in [0.25, 0.3) is 0 Å². The summed E-state index contributed by atoms with van der Waals surface area (Å²) in [7, 11) is 0. The molecule has 7 nitrogen and oxygen atoms in total. The predicted molar refractivity (Wildman–Crippen MR) is 117 cm³/mol. The van der Waals surface area contributed by atoms with Crippen LogP contribution in [0.3, 0.4) is 0 Å². The quantitative estimate of drug-likeness (QED) is 0.619. The fourth-order valence-electron chi connectivity index (χ4n) is 3.94. The molecular formula is C24H26FN5O2. The number of hydrogen-bond acceptors (Lipinski definition) is 4. The standard InChI is InChI=1S/C24H26FN5O2/c1-16-5-3-4-6-20(16)15-29-13-19(11-22(29)31)12-26-24(32)23-17(2)30(28-27-23)14-18-7-9-21(25)10-8-18/h3-10,19H,11-15H2,1-2H3,(H,26,32). The van der Waals surface area contributed by atoms with E-state index in [4.69, 9.17) is 0 Å². The van der Waals surface area contributed by atoms with E-state index >= 15 is 0 Å². The normalized spacial score (nSPS) is 15.9. The first-order chi connectivity index (χ1) is 15.4. The van der Waals surface area contributed by atoms with Gasteiger partial charge in [0.1, 0.15) is 5.82 Å². The van der Waals surface area contributed by atoms with E-state index in [1.54, 1.807) is 23.7 Å². The van der Waals surface area contributed by atoms with Gasteiger partial charge in [-0.1, -0.05) is 41.6 Å². The molecule has 2 amide bonds. The minimum atomic E-state index is -0.308. The van der Waals surface area contributed by atoms with Crippen molar-refractivity contribution in [3.05, 3.63) is 82.4 Å². The highest BCUT2D eigenvalue weighted by Crippen LogP contribution is 2.21. The molecule has 0 spiro atoms. The van der Waals surface area contributed by atoms with Gasteiger partial charge in [-0.3, -0.25) is 9.59 Å². The number of likely N-dealkylation sites (tertiary alicyclic amines) is 1. The second kappa shape index (κ2) is 9.30. The average Bonchev–Trinajstić information content (AvgIpc) is 3.32. The van der Waals surface area contributed by atoms with Crippen molar-refractivity contribution in [2.24, 2.45) is 5.92 Å². The van der Waals surface area contributed by atoms with Crippen LogP contribution in [0, 0.1) is 25.6 Å². The highest BCUT2D eigenvalue weighted by Gasteiger charge is 2.30. The Hall–Kier alpha value is -3.55. The summed E-state index contributed by atoms with van der Waals surface area (Å²) in [5.41, 5.74) is 4.06. The summed E-state index contributed by atoms with van der Waals surface area (Å²) in [5, 5.41) is 11.0. The largest absolute Gasteiger partial charge is 0.350 e. The van der Waals surface area contributed by atoms with Crippen LogP contribution in [0.5, 0.6) is 0 Å². The molecule has 0 bridgehead atoms. The third kappa shape index (κ3) is 4.85. The van der Waals surface area contributed by atoms with Crippen molar-refractivity contribution in [1.82, 2.24) is 25.2 Å². The molecule has 1 aliphatic rings. The van der Waals surface area contributed by atoms with Crippen molar-refractivity contribution in [2.45, 2.75) is 33.4 Å². The molecule has 8 heteroatoms. The Morgan fingerprint density at radius 2 is 1.88 bits per heavy atom. The summed E-state index contributed by atoms with van der Waals surface area (Å²) in [5.74, 6) is -0.441. The molecule has 1 saturated heterocycles. The van der Waals surface area contributed by atoms with E-state index in [9.17, 15) is 14.0 Å². The third-order valence-electron chi connectivity index (χ3n) is 5.91. The Morgan fingerprint density at radius 3 is 2.62 bits per heavy atom. The predicted octanol–water partition coefficient (Wildman–Crippen LogP) is 2.86. The van der Waals surface area contributed by atoms with E-state index in [1.165, 1.54) is 12.1 Å². The van der Waals surface area contributed by atoms with Gasteiger partial charge in [0.15, 0.2) is 5.69 Å². The molecule has 2 aromatic carbocycles. The lowest BCUT2D eigenvalue weighted by Gasteiger charge is -2.18. The summed E-state index contributed by atoms with van der Waals surface area (Å²) >= 11 is 0. The highest BCUT2D eigenvalue weighted by molar-refractivity contribution is 5.93. The molecule has 3 aromatic rings. The lowest BCUT2D eigenvalue weighted by molar-refractivity contribution is -0.128. The second-order valence-corrected chi connectivity index (χ2v) is 8.29. The lowest BCUT2D eigenvalue weighted by Crippen LogP contribution is -2.31. The van der Waals surface area contributed by atoms with Crippen LogP contribution in [0.2, 0.25) is 0 Å². The third-order valence-corrected chi connectivity index (χ3v) is 5.91. The van der Waals surface area contributed by atoms with E-state index in [0.717, 1.165) is 16.7 Å². The number of rotatable bonds is 7. The fraction of sp³-hybridized carbons (Fsp3) is 0.333. The first-order valence-corrected chi connectivity index (χ1v) is 10.7. The van der Waals surface area contributed by atoms with Gasteiger partial charge in [-0.25, -0.2) is 9.07 Å². The summed E-state index contributed by atoms with van der Waals surface area (Å²) in [6.07, 6.45) is 0.419. The summed E-state index contributed by atoms with van der Waals surface area (Å²) in [6.45, 7) is 5.83. The van der Waals surface area contributed by atoms with Gasteiger partial charge in [-0.05, 0) is 42.7 Å². The zero-order valence-corrected chi connectivity index (χ0v) is 18.2. The summed E-state index contributed by atoms with van der Waals surface area (Å²) < 4.78 is 14.7. The molecule has 32 heavy (non-hydrogen) atoms. The van der Waals surface area contributed by atoms with Gasteiger partial charge in [0.2, 0.25) is 5.91 Å². The van der Waals surface area contributed by atoms with Gasteiger partial charge in [0.05, 0.1) is 12.2 Å². The molecule has 1 unspecified atom stereocenters. The van der Waals surface area contributed by atoms with Crippen LogP contribution in [-0.2, 0) is 17.9 Å². The Morgan fingerprint density at radius 1 is 1.12 bits per heavy atom. The molecule has 1 fully saturated rings. The topological polar surface area (TPSA) is 80.1 Å². The minimum absolute atomic E-state index is 0.0602. The summed E-state index contributed by atoms with van der Waals surface area (Å²) in [4.78, 5) is 26.9. The highest BCUT2D eigenvalue weighted by atomic mass is 19.1. The minimum Gasteiger partial charge on any atom is -0.350 e. The van der Waals surface area contributed by atoms with E-state index in [2.05, 4.69) is 15.6 Å². The van der Waals surface area contributed by atoms with Gasteiger partial charge < -0.3 is 10.2 Å². The molecule has 0 aliphatic carbocycles. The number of aryl methyl sites for hydroxylation is 1. The van der Waals surface area contributed by atoms with Crippen molar-refractivity contribution in [3.63, 3.8) is 0 Å². The first kappa shape index (κ1) is 21.7. The van der Waals surface area contributed by atoms with Crippen molar-refractivity contribution in [3.8, 4) is 0 Å². The van der Waals surface area contributed by atoms with Crippen molar-refractivity contribution < 1.29 is 14.0 Å². The number of carbonyl (C=O) groups excluding carboxylic acids is 2. The Balaban J connectivity index is 1.32. The Labute approximate surface area is 186 Å². The van der Waals surface area contributed by atoms with E-state index < -0.39 is 0 Å². The number of carbonyl (C=O) groups is 2. The maximum Gasteiger partial charge on any atom is 0.273 e. The number of amides is 2. The zero-order valence-electron chi connectivity index (χ0n) is 18.2. The van der Waals surface area contributed by atoms with Gasteiger partial charge in [0, 0.05) is 32.0 Å². The Kier molecular flexibility index (Phi) is 6.30. The van der Waals surface area contributed by atoms with Gasteiger partial charge in [-0.15, -0.1) is 5.10 Å². The van der Waals surface area contributed by atoms with Gasteiger partial charge in [-0.2, -0.15) is 0 Å². The van der Waals surface area contributed by atoms with Gasteiger partial charge in [0.25, 0.3) is 5.91 Å². The maximum atomic E-state index is 13.1. The number of benzene rings is 2. The molecular weight excluding hydrogens is 409 g/mol. The van der Waals surface area contributed by atoms with E-state index in [-0.39, 0.29) is 29.2 Å². The average molecular weight is 436 g/mol. The number of hydrogen-bond donors (Lipinski definition) is 1. The molecule has 1 aliphatic heterocycles. The molecule has 166 valence electrons. The number of nitrogens with one attached hydrogen (secondary N) is 1. The fourth-order valence-corrected chi connectivity index (χ4v) is 3.94. The monoisotopic (exact) mass is 435 g/mol. The molecule has 0 saturated carbocycles. The van der Waals surface area contributed by atoms with E-state index in [1.807, 2.05) is 36.1 Å².